The second kappa shape index (κ2) is 16.5. The molecule has 2 aromatic rings. The molecule has 0 bridgehead atoms. The molecular formula is C34H49F3N2O. The van der Waals surface area contributed by atoms with Crippen molar-refractivity contribution >= 4 is 0 Å². The van der Waals surface area contributed by atoms with Crippen LogP contribution in [0.1, 0.15) is 126 Å². The standard InChI is InChI=1S/C34H49F3N2O/c1-2-3-4-12-15-28(35)24-40-29-19-18-27-20-31(33(37)32(36)30(27)21-29)34-38-22-26(23-39-34)14-11-9-7-5-6-8-10-13-25-16-17-25/h20,22-23,25,28-29H,2-19,21,24H2,1H3. The van der Waals surface area contributed by atoms with Gasteiger partial charge in [-0.1, -0.05) is 90.4 Å². The van der Waals surface area contributed by atoms with Crippen molar-refractivity contribution in [2.24, 2.45) is 5.92 Å². The highest BCUT2D eigenvalue weighted by Gasteiger charge is 2.27. The molecule has 1 aromatic heterocycles. The summed E-state index contributed by atoms with van der Waals surface area (Å²) >= 11 is 0. The Morgan fingerprint density at radius 2 is 1.57 bits per heavy atom. The molecule has 0 aliphatic heterocycles. The smallest absolute Gasteiger partial charge is 0.170 e. The second-order valence-corrected chi connectivity index (χ2v) is 12.2. The van der Waals surface area contributed by atoms with Crippen molar-refractivity contribution in [3.8, 4) is 11.4 Å². The maximum atomic E-state index is 15.1. The van der Waals surface area contributed by atoms with Crippen LogP contribution < -0.4 is 0 Å². The zero-order chi connectivity index (χ0) is 28.2. The summed E-state index contributed by atoms with van der Waals surface area (Å²) < 4.78 is 50.2. The Kier molecular flexibility index (Phi) is 12.8. The molecular weight excluding hydrogens is 509 g/mol. The molecule has 1 heterocycles. The molecule has 0 saturated heterocycles. The Labute approximate surface area is 239 Å². The SMILES string of the molecule is CCCCCCC(F)COC1CCc2cc(-c3ncc(CCCCCCCCCC4CC4)cn3)c(F)c(F)c2C1. The molecule has 1 saturated carbocycles. The molecule has 2 aliphatic rings. The van der Waals surface area contributed by atoms with Gasteiger partial charge in [-0.3, -0.25) is 0 Å². The maximum Gasteiger partial charge on any atom is 0.170 e. The fraction of sp³-hybridized carbons (Fsp3) is 0.706. The number of nitrogens with zero attached hydrogens (tertiary/aromatic N) is 2. The van der Waals surface area contributed by atoms with Crippen molar-refractivity contribution < 1.29 is 17.9 Å². The predicted octanol–water partition coefficient (Wildman–Crippen LogP) is 9.68. The molecule has 4 rings (SSSR count). The Hall–Kier alpha value is -1.95. The largest absolute Gasteiger partial charge is 0.375 e. The van der Waals surface area contributed by atoms with Gasteiger partial charge in [-0.2, -0.15) is 0 Å². The van der Waals surface area contributed by atoms with Crippen molar-refractivity contribution in [3.63, 3.8) is 0 Å². The van der Waals surface area contributed by atoms with Gasteiger partial charge >= 0.3 is 0 Å². The van der Waals surface area contributed by atoms with Gasteiger partial charge in [-0.15, -0.1) is 0 Å². The summed E-state index contributed by atoms with van der Waals surface area (Å²) in [5, 5.41) is 0. The lowest BCUT2D eigenvalue weighted by Gasteiger charge is -2.26. The lowest BCUT2D eigenvalue weighted by Crippen LogP contribution is -2.27. The summed E-state index contributed by atoms with van der Waals surface area (Å²) in [7, 11) is 0. The van der Waals surface area contributed by atoms with E-state index in [1.807, 2.05) is 0 Å². The molecule has 2 unspecified atom stereocenters. The van der Waals surface area contributed by atoms with Gasteiger partial charge < -0.3 is 4.74 Å². The summed E-state index contributed by atoms with van der Waals surface area (Å²) in [6.07, 6.45) is 22.6. The molecule has 1 fully saturated rings. The fourth-order valence-electron chi connectivity index (χ4n) is 5.90. The van der Waals surface area contributed by atoms with Crippen LogP contribution >= 0.6 is 0 Å². The third-order valence-corrected chi connectivity index (χ3v) is 8.67. The molecule has 1 aromatic carbocycles. The number of aryl methyl sites for hydroxylation is 2. The Bertz CT molecular complexity index is 1020. The van der Waals surface area contributed by atoms with Crippen LogP contribution in [0.4, 0.5) is 13.2 Å². The zero-order valence-electron chi connectivity index (χ0n) is 24.5. The predicted molar refractivity (Wildman–Crippen MR) is 156 cm³/mol. The van der Waals surface area contributed by atoms with Crippen molar-refractivity contribution in [2.45, 2.75) is 141 Å². The van der Waals surface area contributed by atoms with E-state index in [-0.39, 0.29) is 30.5 Å². The van der Waals surface area contributed by atoms with Crippen LogP contribution in [0, 0.1) is 17.6 Å². The summed E-state index contributed by atoms with van der Waals surface area (Å²) in [5.41, 5.74) is 2.25. The number of fused-ring (bicyclic) bond motifs is 1. The minimum Gasteiger partial charge on any atom is -0.375 e. The first-order chi connectivity index (χ1) is 19.5. The summed E-state index contributed by atoms with van der Waals surface area (Å²) in [5.74, 6) is -0.492. The van der Waals surface area contributed by atoms with Crippen LogP contribution in [0.2, 0.25) is 0 Å². The Morgan fingerprint density at radius 1 is 0.875 bits per heavy atom. The number of alkyl halides is 1. The minimum atomic E-state index is -1.01. The van der Waals surface area contributed by atoms with Crippen LogP contribution in [0.3, 0.4) is 0 Å². The van der Waals surface area contributed by atoms with E-state index in [2.05, 4.69) is 16.9 Å². The minimum absolute atomic E-state index is 0.0227. The molecule has 0 amide bonds. The molecule has 0 radical (unpaired) electrons. The molecule has 40 heavy (non-hydrogen) atoms. The first-order valence-corrected chi connectivity index (χ1v) is 16.1. The first-order valence-electron chi connectivity index (χ1n) is 16.1. The van der Waals surface area contributed by atoms with Gasteiger partial charge in [-0.05, 0) is 60.8 Å². The topological polar surface area (TPSA) is 35.0 Å². The average Bonchev–Trinajstić information content (AvgIpc) is 3.80. The molecule has 0 spiro atoms. The third-order valence-electron chi connectivity index (χ3n) is 8.67. The number of hydrogen-bond acceptors (Lipinski definition) is 3. The van der Waals surface area contributed by atoms with Crippen molar-refractivity contribution in [1.29, 1.82) is 0 Å². The van der Waals surface area contributed by atoms with Crippen LogP contribution in [-0.4, -0.2) is 28.9 Å². The number of halogens is 3. The number of aromatic nitrogens is 2. The molecule has 2 atom stereocenters. The highest BCUT2D eigenvalue weighted by Crippen LogP contribution is 2.34. The van der Waals surface area contributed by atoms with E-state index in [1.165, 1.54) is 57.8 Å². The fourth-order valence-corrected chi connectivity index (χ4v) is 5.90. The van der Waals surface area contributed by atoms with Crippen LogP contribution in [0.25, 0.3) is 11.4 Å². The van der Waals surface area contributed by atoms with Crippen molar-refractivity contribution in [3.05, 3.63) is 46.8 Å². The molecule has 2 aliphatic carbocycles. The average molecular weight is 559 g/mol. The first kappa shape index (κ1) is 31.0. The summed E-state index contributed by atoms with van der Waals surface area (Å²) in [6, 6.07) is 1.69. The molecule has 0 N–H and O–H groups in total. The van der Waals surface area contributed by atoms with Gasteiger partial charge in [0, 0.05) is 18.8 Å². The molecule has 3 nitrogen and oxygen atoms in total. The number of benzene rings is 1. The van der Waals surface area contributed by atoms with E-state index in [1.54, 1.807) is 18.5 Å². The highest BCUT2D eigenvalue weighted by atomic mass is 19.2. The van der Waals surface area contributed by atoms with E-state index in [4.69, 9.17) is 4.74 Å². The van der Waals surface area contributed by atoms with Gasteiger partial charge in [0.2, 0.25) is 0 Å². The van der Waals surface area contributed by atoms with Gasteiger partial charge in [0.15, 0.2) is 17.5 Å². The number of hydrogen-bond donors (Lipinski definition) is 0. The van der Waals surface area contributed by atoms with E-state index >= 15 is 8.78 Å². The van der Waals surface area contributed by atoms with Crippen molar-refractivity contribution in [1.82, 2.24) is 9.97 Å². The van der Waals surface area contributed by atoms with E-state index in [0.717, 1.165) is 55.6 Å². The van der Waals surface area contributed by atoms with E-state index in [0.29, 0.717) is 24.8 Å². The van der Waals surface area contributed by atoms with Crippen LogP contribution in [0.15, 0.2) is 18.5 Å². The number of ether oxygens (including phenoxy) is 1. The summed E-state index contributed by atoms with van der Waals surface area (Å²) in [6.45, 7) is 2.15. The van der Waals surface area contributed by atoms with Gasteiger partial charge in [0.05, 0.1) is 18.3 Å². The van der Waals surface area contributed by atoms with Crippen molar-refractivity contribution in [2.75, 3.05) is 6.61 Å². The zero-order valence-corrected chi connectivity index (χ0v) is 24.5. The lowest BCUT2D eigenvalue weighted by molar-refractivity contribution is 0.00865. The van der Waals surface area contributed by atoms with Gasteiger partial charge in [0.25, 0.3) is 0 Å². The Balaban J connectivity index is 1.20. The van der Waals surface area contributed by atoms with Crippen LogP contribution in [0.5, 0.6) is 0 Å². The van der Waals surface area contributed by atoms with Crippen LogP contribution in [-0.2, 0) is 24.0 Å². The maximum absolute atomic E-state index is 15.1. The number of unbranched alkanes of at least 4 members (excludes halogenated alkanes) is 9. The monoisotopic (exact) mass is 558 g/mol. The van der Waals surface area contributed by atoms with Gasteiger partial charge in [-0.25, -0.2) is 23.1 Å². The van der Waals surface area contributed by atoms with E-state index < -0.39 is 17.8 Å². The number of rotatable bonds is 19. The highest BCUT2D eigenvalue weighted by molar-refractivity contribution is 5.59. The lowest BCUT2D eigenvalue weighted by atomic mass is 9.87. The van der Waals surface area contributed by atoms with Gasteiger partial charge in [0.1, 0.15) is 6.17 Å². The normalized spacial score (nSPS) is 17.6. The third kappa shape index (κ3) is 9.85. The second-order valence-electron chi connectivity index (χ2n) is 12.2. The molecule has 6 heteroatoms. The Morgan fingerprint density at radius 3 is 2.30 bits per heavy atom. The summed E-state index contributed by atoms with van der Waals surface area (Å²) in [4.78, 5) is 8.77. The molecule has 222 valence electrons. The van der Waals surface area contributed by atoms with E-state index in [9.17, 15) is 4.39 Å². The quantitative estimate of drug-likeness (QED) is 0.161.